The van der Waals surface area contributed by atoms with E-state index in [1.54, 1.807) is 0 Å². The molecule has 0 rings (SSSR count). The van der Waals surface area contributed by atoms with Crippen LogP contribution in [0.15, 0.2) is 0 Å². The highest BCUT2D eigenvalue weighted by Gasteiger charge is 2.02. The first-order valence-electron chi connectivity index (χ1n) is 7.25. The maximum absolute atomic E-state index is 3.47. The molecule has 0 amide bonds. The molecule has 0 heterocycles. The lowest BCUT2D eigenvalue weighted by Crippen LogP contribution is -2.32. The van der Waals surface area contributed by atoms with Crippen molar-refractivity contribution in [2.45, 2.75) is 59.5 Å². The van der Waals surface area contributed by atoms with Crippen LogP contribution in [0.25, 0.3) is 0 Å². The Bertz CT molecular complexity index is 142. The maximum atomic E-state index is 3.47. The van der Waals surface area contributed by atoms with Gasteiger partial charge >= 0.3 is 0 Å². The lowest BCUT2D eigenvalue weighted by molar-refractivity contribution is 0.276. The van der Waals surface area contributed by atoms with Crippen LogP contribution in [0.4, 0.5) is 0 Å². The third-order valence-corrected chi connectivity index (χ3v) is 2.85. The molecule has 3 heteroatoms. The van der Waals surface area contributed by atoms with Gasteiger partial charge in [-0.25, -0.2) is 0 Å². The summed E-state index contributed by atoms with van der Waals surface area (Å²) >= 11 is 0. The molecule has 0 bridgehead atoms. The van der Waals surface area contributed by atoms with E-state index >= 15 is 0 Å². The van der Waals surface area contributed by atoms with Gasteiger partial charge in [0.05, 0.1) is 0 Å². The lowest BCUT2D eigenvalue weighted by Gasteiger charge is -2.21. The standard InChI is InChI=1S/C14H33N3/c1-6-17(11-7-9-15-13(2)3)12-8-10-16-14(4)5/h13-16H,6-12H2,1-5H3. The van der Waals surface area contributed by atoms with Crippen molar-refractivity contribution in [1.29, 1.82) is 0 Å². The first kappa shape index (κ1) is 16.9. The number of nitrogens with one attached hydrogen (secondary N) is 2. The van der Waals surface area contributed by atoms with Gasteiger partial charge in [0, 0.05) is 12.1 Å². The van der Waals surface area contributed by atoms with Crippen molar-refractivity contribution in [1.82, 2.24) is 15.5 Å². The van der Waals surface area contributed by atoms with Gasteiger partial charge in [0.25, 0.3) is 0 Å². The summed E-state index contributed by atoms with van der Waals surface area (Å²) < 4.78 is 0. The van der Waals surface area contributed by atoms with Crippen LogP contribution in [0.3, 0.4) is 0 Å². The van der Waals surface area contributed by atoms with Crippen LogP contribution in [0.2, 0.25) is 0 Å². The molecule has 2 N–H and O–H groups in total. The van der Waals surface area contributed by atoms with Crippen molar-refractivity contribution >= 4 is 0 Å². The molecule has 0 aromatic carbocycles. The Balaban J connectivity index is 3.42. The van der Waals surface area contributed by atoms with Gasteiger partial charge in [-0.1, -0.05) is 34.6 Å². The van der Waals surface area contributed by atoms with E-state index in [-0.39, 0.29) is 0 Å². The van der Waals surface area contributed by atoms with Gasteiger partial charge in [-0.3, -0.25) is 0 Å². The van der Waals surface area contributed by atoms with Crippen molar-refractivity contribution in [3.63, 3.8) is 0 Å². The highest BCUT2D eigenvalue weighted by molar-refractivity contribution is 4.61. The van der Waals surface area contributed by atoms with E-state index in [1.165, 1.54) is 32.5 Å². The lowest BCUT2D eigenvalue weighted by atomic mass is 10.3. The minimum atomic E-state index is 0.611. The van der Waals surface area contributed by atoms with Gasteiger partial charge < -0.3 is 15.5 Å². The van der Waals surface area contributed by atoms with Crippen LogP contribution in [-0.2, 0) is 0 Å². The van der Waals surface area contributed by atoms with E-state index in [9.17, 15) is 0 Å². The topological polar surface area (TPSA) is 27.3 Å². The average molecular weight is 243 g/mol. The zero-order valence-electron chi connectivity index (χ0n) is 12.6. The third kappa shape index (κ3) is 12.1. The predicted octanol–water partition coefficient (Wildman–Crippen LogP) is 2.08. The summed E-state index contributed by atoms with van der Waals surface area (Å²) in [7, 11) is 0. The van der Waals surface area contributed by atoms with E-state index in [2.05, 4.69) is 50.2 Å². The molecule has 3 nitrogen and oxygen atoms in total. The summed E-state index contributed by atoms with van der Waals surface area (Å²) in [6.07, 6.45) is 2.51. The van der Waals surface area contributed by atoms with Crippen LogP contribution in [0, 0.1) is 0 Å². The van der Waals surface area contributed by atoms with Gasteiger partial charge in [-0.15, -0.1) is 0 Å². The molecule has 0 aliphatic carbocycles. The Kier molecular flexibility index (Phi) is 10.9. The van der Waals surface area contributed by atoms with Crippen LogP contribution in [0.1, 0.15) is 47.5 Å². The fourth-order valence-corrected chi connectivity index (χ4v) is 1.81. The molecular weight excluding hydrogens is 210 g/mol. The Hall–Kier alpha value is -0.120. The van der Waals surface area contributed by atoms with Crippen molar-refractivity contribution in [3.05, 3.63) is 0 Å². The molecule has 0 atom stereocenters. The van der Waals surface area contributed by atoms with Crippen molar-refractivity contribution in [3.8, 4) is 0 Å². The summed E-state index contributed by atoms with van der Waals surface area (Å²) in [6.45, 7) is 17.0. The van der Waals surface area contributed by atoms with Crippen LogP contribution >= 0.6 is 0 Å². The zero-order valence-corrected chi connectivity index (χ0v) is 12.6. The Morgan fingerprint density at radius 3 is 1.53 bits per heavy atom. The third-order valence-electron chi connectivity index (χ3n) is 2.85. The molecule has 0 aromatic rings. The van der Waals surface area contributed by atoms with Crippen molar-refractivity contribution in [2.75, 3.05) is 32.7 Å². The van der Waals surface area contributed by atoms with Gasteiger partial charge in [0.1, 0.15) is 0 Å². The first-order valence-corrected chi connectivity index (χ1v) is 7.25. The highest BCUT2D eigenvalue weighted by atomic mass is 15.1. The van der Waals surface area contributed by atoms with Gasteiger partial charge in [-0.05, 0) is 45.6 Å². The molecular formula is C14H33N3. The van der Waals surface area contributed by atoms with E-state index in [0.29, 0.717) is 12.1 Å². The molecule has 0 fully saturated rings. The predicted molar refractivity (Wildman–Crippen MR) is 77.6 cm³/mol. The molecule has 0 radical (unpaired) electrons. The number of hydrogen-bond donors (Lipinski definition) is 2. The summed E-state index contributed by atoms with van der Waals surface area (Å²) in [5, 5.41) is 6.94. The molecule has 0 aliphatic rings. The van der Waals surface area contributed by atoms with E-state index in [0.717, 1.165) is 13.1 Å². The highest BCUT2D eigenvalue weighted by Crippen LogP contribution is 1.94. The largest absolute Gasteiger partial charge is 0.314 e. The molecule has 0 spiro atoms. The molecule has 0 unspecified atom stereocenters. The average Bonchev–Trinajstić information content (AvgIpc) is 2.26. The second kappa shape index (κ2) is 11.0. The number of rotatable bonds is 11. The normalized spacial score (nSPS) is 12.0. The van der Waals surface area contributed by atoms with Crippen LogP contribution < -0.4 is 10.6 Å². The number of nitrogens with zero attached hydrogens (tertiary/aromatic N) is 1. The van der Waals surface area contributed by atoms with E-state index < -0.39 is 0 Å². The van der Waals surface area contributed by atoms with Crippen LogP contribution in [0.5, 0.6) is 0 Å². The fraction of sp³-hybridized carbons (Fsp3) is 1.00. The summed E-state index contributed by atoms with van der Waals surface area (Å²) in [5.41, 5.74) is 0. The number of hydrogen-bond acceptors (Lipinski definition) is 3. The Morgan fingerprint density at radius 2 is 1.24 bits per heavy atom. The molecule has 0 saturated heterocycles. The van der Waals surface area contributed by atoms with E-state index in [4.69, 9.17) is 0 Å². The summed E-state index contributed by atoms with van der Waals surface area (Å²) in [4.78, 5) is 2.55. The van der Waals surface area contributed by atoms with Gasteiger partial charge in [0.15, 0.2) is 0 Å². The van der Waals surface area contributed by atoms with Crippen molar-refractivity contribution in [2.24, 2.45) is 0 Å². The molecule has 104 valence electrons. The van der Waals surface area contributed by atoms with Crippen molar-refractivity contribution < 1.29 is 0 Å². The Labute approximate surface area is 108 Å². The summed E-state index contributed by atoms with van der Waals surface area (Å²) in [6, 6.07) is 1.22. The first-order chi connectivity index (χ1) is 8.06. The second-order valence-corrected chi connectivity index (χ2v) is 5.36. The van der Waals surface area contributed by atoms with Gasteiger partial charge in [-0.2, -0.15) is 0 Å². The molecule has 17 heavy (non-hydrogen) atoms. The maximum Gasteiger partial charge on any atom is 0.00103 e. The smallest absolute Gasteiger partial charge is 0.00103 e. The Morgan fingerprint density at radius 1 is 0.824 bits per heavy atom. The second-order valence-electron chi connectivity index (χ2n) is 5.36. The SMILES string of the molecule is CCN(CCCNC(C)C)CCCNC(C)C. The monoisotopic (exact) mass is 243 g/mol. The zero-order chi connectivity index (χ0) is 13.1. The molecule has 0 aliphatic heterocycles. The fourth-order valence-electron chi connectivity index (χ4n) is 1.81. The minimum absolute atomic E-state index is 0.611. The molecule has 0 aromatic heterocycles. The van der Waals surface area contributed by atoms with E-state index in [1.807, 2.05) is 0 Å². The molecule has 0 saturated carbocycles. The quantitative estimate of drug-likeness (QED) is 0.544. The van der Waals surface area contributed by atoms with Gasteiger partial charge in [0.2, 0.25) is 0 Å². The van der Waals surface area contributed by atoms with Crippen LogP contribution in [-0.4, -0.2) is 49.7 Å². The minimum Gasteiger partial charge on any atom is -0.314 e. The summed E-state index contributed by atoms with van der Waals surface area (Å²) in [5.74, 6) is 0.